The molecule has 0 radical (unpaired) electrons. The van der Waals surface area contributed by atoms with Crippen LogP contribution in [0.15, 0.2) is 65.8 Å². The second kappa shape index (κ2) is 10.4. The monoisotopic (exact) mass is 475 g/mol. The third kappa shape index (κ3) is 5.03. The first kappa shape index (κ1) is 22.7. The molecule has 7 nitrogen and oxygen atoms in total. The number of hydrogen-bond acceptors (Lipinski definition) is 6. The lowest BCUT2D eigenvalue weighted by Gasteiger charge is -2.28. The fourth-order valence-corrected chi connectivity index (χ4v) is 5.19. The highest BCUT2D eigenvalue weighted by atomic mass is 32.2. The van der Waals surface area contributed by atoms with Crippen LogP contribution in [0.3, 0.4) is 0 Å². The molecule has 176 valence electrons. The van der Waals surface area contributed by atoms with Gasteiger partial charge in [0.05, 0.1) is 24.7 Å². The number of morpholine rings is 1. The van der Waals surface area contributed by atoms with E-state index in [9.17, 15) is 4.79 Å². The summed E-state index contributed by atoms with van der Waals surface area (Å²) >= 11 is 1.45. The van der Waals surface area contributed by atoms with Gasteiger partial charge >= 0.3 is 0 Å². The number of rotatable bonds is 6. The van der Waals surface area contributed by atoms with Gasteiger partial charge in [-0.2, -0.15) is 0 Å². The zero-order chi connectivity index (χ0) is 23.3. The molecule has 1 saturated heterocycles. The Morgan fingerprint density at radius 1 is 1.03 bits per heavy atom. The van der Waals surface area contributed by atoms with Gasteiger partial charge in [-0.05, 0) is 42.2 Å². The van der Waals surface area contributed by atoms with Gasteiger partial charge in [-0.1, -0.05) is 60.3 Å². The SMILES string of the molecule is Cc1cccc(-n2c(SCC(=O)N3CC=C(c4ccccc4)CC3)nnc2N2CCOCC2)c1. The number of ether oxygens (including phenoxy) is 1. The van der Waals surface area contributed by atoms with Gasteiger partial charge in [0.1, 0.15) is 0 Å². The Morgan fingerprint density at radius 2 is 1.85 bits per heavy atom. The van der Waals surface area contributed by atoms with Crippen molar-refractivity contribution in [3.8, 4) is 5.69 Å². The second-order valence-corrected chi connectivity index (χ2v) is 9.47. The Bertz CT molecular complexity index is 1170. The van der Waals surface area contributed by atoms with Crippen molar-refractivity contribution < 1.29 is 9.53 Å². The van der Waals surface area contributed by atoms with E-state index in [0.717, 1.165) is 42.8 Å². The molecule has 34 heavy (non-hydrogen) atoms. The van der Waals surface area contributed by atoms with Crippen molar-refractivity contribution in [1.29, 1.82) is 0 Å². The molecule has 1 fully saturated rings. The zero-order valence-corrected chi connectivity index (χ0v) is 20.2. The summed E-state index contributed by atoms with van der Waals surface area (Å²) in [4.78, 5) is 17.1. The molecule has 0 aliphatic carbocycles. The predicted molar refractivity (Wildman–Crippen MR) is 135 cm³/mol. The first-order chi connectivity index (χ1) is 16.7. The standard InChI is InChI=1S/C26H29N5O2S/c1-20-6-5-9-23(18-20)31-25(30-14-16-33-17-15-30)27-28-26(31)34-19-24(32)29-12-10-22(11-13-29)21-7-3-2-4-8-21/h2-10,18H,11-17,19H2,1H3. The Hall–Kier alpha value is -3.10. The molecular weight excluding hydrogens is 446 g/mol. The van der Waals surface area contributed by atoms with Crippen LogP contribution >= 0.6 is 11.8 Å². The van der Waals surface area contributed by atoms with Crippen LogP contribution in [0.2, 0.25) is 0 Å². The van der Waals surface area contributed by atoms with Gasteiger partial charge in [0.2, 0.25) is 11.9 Å². The quantitative estimate of drug-likeness (QED) is 0.505. The van der Waals surface area contributed by atoms with E-state index in [-0.39, 0.29) is 5.91 Å². The molecule has 0 N–H and O–H groups in total. The highest BCUT2D eigenvalue weighted by Crippen LogP contribution is 2.28. The van der Waals surface area contributed by atoms with Crippen molar-refractivity contribution >= 4 is 29.2 Å². The lowest BCUT2D eigenvalue weighted by atomic mass is 10.00. The highest BCUT2D eigenvalue weighted by Gasteiger charge is 2.24. The number of hydrogen-bond donors (Lipinski definition) is 0. The molecule has 1 amide bonds. The van der Waals surface area contributed by atoms with E-state index in [1.165, 1.54) is 28.5 Å². The molecular formula is C26H29N5O2S. The van der Waals surface area contributed by atoms with Gasteiger partial charge in [0.25, 0.3) is 0 Å². The van der Waals surface area contributed by atoms with Crippen LogP contribution in [0.4, 0.5) is 5.95 Å². The summed E-state index contributed by atoms with van der Waals surface area (Å²) in [6.45, 7) is 6.36. The molecule has 5 rings (SSSR count). The number of aromatic nitrogens is 3. The Balaban J connectivity index is 1.30. The number of anilines is 1. The van der Waals surface area contributed by atoms with Crippen LogP contribution in [-0.2, 0) is 9.53 Å². The van der Waals surface area contributed by atoms with Gasteiger partial charge in [0, 0.05) is 26.2 Å². The molecule has 0 saturated carbocycles. The van der Waals surface area contributed by atoms with E-state index >= 15 is 0 Å². The average molecular weight is 476 g/mol. The van der Waals surface area contributed by atoms with Crippen molar-refractivity contribution in [2.24, 2.45) is 0 Å². The summed E-state index contributed by atoms with van der Waals surface area (Å²) < 4.78 is 7.58. The molecule has 0 bridgehead atoms. The maximum Gasteiger partial charge on any atom is 0.233 e. The van der Waals surface area contributed by atoms with Crippen LogP contribution in [0, 0.1) is 6.92 Å². The number of benzene rings is 2. The zero-order valence-electron chi connectivity index (χ0n) is 19.4. The Kier molecular flexibility index (Phi) is 6.97. The molecule has 1 aromatic heterocycles. The lowest BCUT2D eigenvalue weighted by Crippen LogP contribution is -2.38. The smallest absolute Gasteiger partial charge is 0.233 e. The minimum atomic E-state index is 0.125. The maximum atomic E-state index is 13.0. The molecule has 0 unspecified atom stereocenters. The summed E-state index contributed by atoms with van der Waals surface area (Å²) in [6, 6.07) is 18.7. The topological polar surface area (TPSA) is 63.5 Å². The van der Waals surface area contributed by atoms with Crippen LogP contribution in [0.5, 0.6) is 0 Å². The van der Waals surface area contributed by atoms with Crippen LogP contribution in [0.25, 0.3) is 11.3 Å². The number of carbonyl (C=O) groups is 1. The molecule has 3 heterocycles. The number of aryl methyl sites for hydroxylation is 1. The minimum Gasteiger partial charge on any atom is -0.378 e. The van der Waals surface area contributed by atoms with Gasteiger partial charge in [-0.3, -0.25) is 9.36 Å². The van der Waals surface area contributed by atoms with Crippen molar-refractivity contribution in [2.75, 3.05) is 50.0 Å². The van der Waals surface area contributed by atoms with E-state index in [1.807, 2.05) is 17.0 Å². The molecule has 0 atom stereocenters. The molecule has 2 aliphatic heterocycles. The number of carbonyl (C=O) groups excluding carboxylic acids is 1. The van der Waals surface area contributed by atoms with Crippen molar-refractivity contribution in [3.05, 3.63) is 71.8 Å². The summed E-state index contributed by atoms with van der Waals surface area (Å²) in [5, 5.41) is 9.72. The van der Waals surface area contributed by atoms with Crippen molar-refractivity contribution in [2.45, 2.75) is 18.5 Å². The van der Waals surface area contributed by atoms with E-state index in [4.69, 9.17) is 4.74 Å². The van der Waals surface area contributed by atoms with E-state index < -0.39 is 0 Å². The number of amides is 1. The summed E-state index contributed by atoms with van der Waals surface area (Å²) in [5.41, 5.74) is 4.73. The van der Waals surface area contributed by atoms with E-state index in [2.05, 4.69) is 75.1 Å². The average Bonchev–Trinajstić information content (AvgIpc) is 3.32. The molecule has 2 aliphatic rings. The van der Waals surface area contributed by atoms with Gasteiger partial charge in [-0.25, -0.2) is 0 Å². The third-order valence-electron chi connectivity index (χ3n) is 6.20. The lowest BCUT2D eigenvalue weighted by molar-refractivity contribution is -0.127. The van der Waals surface area contributed by atoms with Gasteiger partial charge < -0.3 is 14.5 Å². The minimum absolute atomic E-state index is 0.125. The van der Waals surface area contributed by atoms with Crippen molar-refractivity contribution in [3.63, 3.8) is 0 Å². The first-order valence-electron chi connectivity index (χ1n) is 11.7. The van der Waals surface area contributed by atoms with E-state index in [0.29, 0.717) is 25.5 Å². The number of nitrogens with zero attached hydrogens (tertiary/aromatic N) is 5. The van der Waals surface area contributed by atoms with Crippen LogP contribution < -0.4 is 4.90 Å². The summed E-state index contributed by atoms with van der Waals surface area (Å²) in [7, 11) is 0. The maximum absolute atomic E-state index is 13.0. The normalized spacial score (nSPS) is 16.4. The Labute approximate surface area is 204 Å². The molecule has 2 aromatic carbocycles. The second-order valence-electron chi connectivity index (χ2n) is 8.53. The molecule has 8 heteroatoms. The fourth-order valence-electron chi connectivity index (χ4n) is 4.34. The first-order valence-corrected chi connectivity index (χ1v) is 12.7. The number of thioether (sulfide) groups is 1. The van der Waals surface area contributed by atoms with Gasteiger partial charge in [0.15, 0.2) is 5.16 Å². The third-order valence-corrected chi connectivity index (χ3v) is 7.11. The predicted octanol–water partition coefficient (Wildman–Crippen LogP) is 3.82. The summed E-state index contributed by atoms with van der Waals surface area (Å²) in [5.74, 6) is 1.26. The molecule has 3 aromatic rings. The fraction of sp³-hybridized carbons (Fsp3) is 0.346. The molecule has 0 spiro atoms. The highest BCUT2D eigenvalue weighted by molar-refractivity contribution is 7.99. The van der Waals surface area contributed by atoms with Crippen molar-refractivity contribution in [1.82, 2.24) is 19.7 Å². The van der Waals surface area contributed by atoms with Gasteiger partial charge in [-0.15, -0.1) is 10.2 Å². The van der Waals surface area contributed by atoms with E-state index in [1.54, 1.807) is 0 Å². The van der Waals surface area contributed by atoms with Crippen LogP contribution in [-0.4, -0.2) is 70.7 Å². The van der Waals surface area contributed by atoms with Crippen LogP contribution in [0.1, 0.15) is 17.5 Å². The summed E-state index contributed by atoms with van der Waals surface area (Å²) in [6.07, 6.45) is 3.05. The Morgan fingerprint density at radius 3 is 2.59 bits per heavy atom. The largest absolute Gasteiger partial charge is 0.378 e.